The largest absolute Gasteiger partial charge is 0.340 e. The molecule has 0 fully saturated rings. The summed E-state index contributed by atoms with van der Waals surface area (Å²) in [6.07, 6.45) is 10.3. The SMILES string of the molecule is C=C(CCCCCCCCCn1c2ccccc2c2ccccc21)c1ccccc1. The van der Waals surface area contributed by atoms with Crippen LogP contribution in [0.25, 0.3) is 27.4 Å². The third-order valence-corrected chi connectivity index (χ3v) is 6.22. The van der Waals surface area contributed by atoms with Crippen molar-refractivity contribution in [3.8, 4) is 0 Å². The second-order valence-electron chi connectivity index (χ2n) is 8.38. The maximum absolute atomic E-state index is 4.25. The zero-order valence-electron chi connectivity index (χ0n) is 18.0. The Bertz CT molecular complexity index is 1030. The monoisotopic (exact) mass is 395 g/mol. The summed E-state index contributed by atoms with van der Waals surface area (Å²) >= 11 is 0. The highest BCUT2D eigenvalue weighted by Gasteiger charge is 2.08. The van der Waals surface area contributed by atoms with Crippen LogP contribution in [0.4, 0.5) is 0 Å². The molecule has 1 nitrogen and oxygen atoms in total. The second-order valence-corrected chi connectivity index (χ2v) is 8.38. The van der Waals surface area contributed by atoms with Crippen molar-refractivity contribution in [3.05, 3.63) is 91.0 Å². The summed E-state index contributed by atoms with van der Waals surface area (Å²) in [6.45, 7) is 5.36. The van der Waals surface area contributed by atoms with Crippen LogP contribution in [0.1, 0.15) is 56.9 Å². The van der Waals surface area contributed by atoms with Gasteiger partial charge in [0, 0.05) is 28.4 Å². The van der Waals surface area contributed by atoms with Gasteiger partial charge in [0.2, 0.25) is 0 Å². The highest BCUT2D eigenvalue weighted by atomic mass is 15.0. The topological polar surface area (TPSA) is 4.93 Å². The molecule has 0 aliphatic heterocycles. The number of unbranched alkanes of at least 4 members (excludes halogenated alkanes) is 6. The Kier molecular flexibility index (Phi) is 7.03. The second kappa shape index (κ2) is 10.3. The van der Waals surface area contributed by atoms with Gasteiger partial charge >= 0.3 is 0 Å². The van der Waals surface area contributed by atoms with Crippen molar-refractivity contribution in [2.75, 3.05) is 0 Å². The maximum Gasteiger partial charge on any atom is 0.0491 e. The number of hydrogen-bond donors (Lipinski definition) is 0. The number of aryl methyl sites for hydroxylation is 1. The number of aromatic nitrogens is 1. The molecular formula is C29H33N. The van der Waals surface area contributed by atoms with Crippen molar-refractivity contribution in [1.29, 1.82) is 0 Å². The van der Waals surface area contributed by atoms with Gasteiger partial charge in [0.05, 0.1) is 0 Å². The molecule has 0 atom stereocenters. The molecule has 0 N–H and O–H groups in total. The molecule has 0 bridgehead atoms. The van der Waals surface area contributed by atoms with Crippen molar-refractivity contribution in [2.45, 2.75) is 57.9 Å². The number of allylic oxidation sites excluding steroid dienone is 1. The van der Waals surface area contributed by atoms with Crippen molar-refractivity contribution in [3.63, 3.8) is 0 Å². The van der Waals surface area contributed by atoms with E-state index in [9.17, 15) is 0 Å². The van der Waals surface area contributed by atoms with Crippen molar-refractivity contribution in [1.82, 2.24) is 4.57 Å². The number of hydrogen-bond acceptors (Lipinski definition) is 0. The Morgan fingerprint density at radius 1 is 0.567 bits per heavy atom. The molecule has 0 amide bonds. The molecule has 0 unspecified atom stereocenters. The zero-order chi connectivity index (χ0) is 20.6. The van der Waals surface area contributed by atoms with E-state index in [1.807, 2.05) is 0 Å². The Hall–Kier alpha value is -2.80. The molecule has 154 valence electrons. The highest BCUT2D eigenvalue weighted by Crippen LogP contribution is 2.29. The molecular weight excluding hydrogens is 362 g/mol. The predicted molar refractivity (Wildman–Crippen MR) is 132 cm³/mol. The van der Waals surface area contributed by atoms with E-state index < -0.39 is 0 Å². The molecule has 0 radical (unpaired) electrons. The number of rotatable bonds is 11. The summed E-state index contributed by atoms with van der Waals surface area (Å²) in [4.78, 5) is 0. The van der Waals surface area contributed by atoms with Crippen LogP contribution in [0.15, 0.2) is 85.4 Å². The molecule has 0 spiro atoms. The molecule has 4 rings (SSSR count). The first-order valence-electron chi connectivity index (χ1n) is 11.5. The third-order valence-electron chi connectivity index (χ3n) is 6.22. The van der Waals surface area contributed by atoms with E-state index in [1.165, 1.54) is 77.9 Å². The van der Waals surface area contributed by atoms with Gasteiger partial charge < -0.3 is 4.57 Å². The average Bonchev–Trinajstić information content (AvgIpc) is 3.12. The van der Waals surface area contributed by atoms with Crippen LogP contribution in [0.3, 0.4) is 0 Å². The van der Waals surface area contributed by atoms with Gasteiger partial charge in [-0.15, -0.1) is 0 Å². The molecule has 0 aliphatic carbocycles. The van der Waals surface area contributed by atoms with Crippen molar-refractivity contribution >= 4 is 27.4 Å². The molecule has 30 heavy (non-hydrogen) atoms. The summed E-state index contributed by atoms with van der Waals surface area (Å²) in [5, 5.41) is 2.76. The third kappa shape index (κ3) is 4.84. The van der Waals surface area contributed by atoms with Gasteiger partial charge in [0.1, 0.15) is 0 Å². The molecule has 1 heterocycles. The van der Waals surface area contributed by atoms with E-state index >= 15 is 0 Å². The van der Waals surface area contributed by atoms with Crippen LogP contribution in [0.2, 0.25) is 0 Å². The van der Waals surface area contributed by atoms with E-state index in [0.717, 1.165) is 13.0 Å². The predicted octanol–water partition coefficient (Wildman–Crippen LogP) is 8.63. The summed E-state index contributed by atoms with van der Waals surface area (Å²) < 4.78 is 2.51. The number of benzene rings is 3. The molecule has 1 aromatic heterocycles. The first-order chi connectivity index (χ1) is 14.8. The van der Waals surface area contributed by atoms with Crippen LogP contribution in [0.5, 0.6) is 0 Å². The van der Waals surface area contributed by atoms with Crippen molar-refractivity contribution in [2.24, 2.45) is 0 Å². The van der Waals surface area contributed by atoms with Gasteiger partial charge in [-0.05, 0) is 42.5 Å². The Balaban J connectivity index is 1.16. The molecule has 0 saturated carbocycles. The Morgan fingerprint density at radius 3 is 1.70 bits per heavy atom. The lowest BCUT2D eigenvalue weighted by molar-refractivity contribution is 0.557. The number of fused-ring (bicyclic) bond motifs is 3. The quantitative estimate of drug-likeness (QED) is 0.224. The van der Waals surface area contributed by atoms with Gasteiger partial charge in [0.15, 0.2) is 0 Å². The Morgan fingerprint density at radius 2 is 1.07 bits per heavy atom. The summed E-state index contributed by atoms with van der Waals surface area (Å²) in [5.74, 6) is 0. The van der Waals surface area contributed by atoms with E-state index in [2.05, 4.69) is 90.0 Å². The summed E-state index contributed by atoms with van der Waals surface area (Å²) in [7, 11) is 0. The number of para-hydroxylation sites is 2. The van der Waals surface area contributed by atoms with Crippen LogP contribution in [-0.2, 0) is 6.54 Å². The van der Waals surface area contributed by atoms with E-state index in [-0.39, 0.29) is 0 Å². The smallest absolute Gasteiger partial charge is 0.0491 e. The lowest BCUT2D eigenvalue weighted by Crippen LogP contribution is -1.97. The minimum absolute atomic E-state index is 1.12. The minimum Gasteiger partial charge on any atom is -0.340 e. The first kappa shape index (κ1) is 20.5. The highest BCUT2D eigenvalue weighted by molar-refractivity contribution is 6.07. The summed E-state index contributed by atoms with van der Waals surface area (Å²) in [5.41, 5.74) is 5.32. The molecule has 3 aromatic carbocycles. The van der Waals surface area contributed by atoms with E-state index in [1.54, 1.807) is 0 Å². The average molecular weight is 396 g/mol. The van der Waals surface area contributed by atoms with Crippen molar-refractivity contribution < 1.29 is 0 Å². The molecule has 0 aliphatic rings. The van der Waals surface area contributed by atoms with Crippen LogP contribution < -0.4 is 0 Å². The standard InChI is InChI=1S/C29H33N/c1-24(25-17-9-7-10-18-25)16-8-5-3-2-4-6-15-23-30-28-21-13-11-19-26(28)27-20-12-14-22-29(27)30/h7,9-14,17-22H,1-6,8,15-16,23H2. The zero-order valence-corrected chi connectivity index (χ0v) is 18.0. The Labute approximate surface area is 181 Å². The lowest BCUT2D eigenvalue weighted by Gasteiger charge is -2.08. The molecule has 0 saturated heterocycles. The van der Waals surface area contributed by atoms with Crippen LogP contribution >= 0.6 is 0 Å². The van der Waals surface area contributed by atoms with Crippen LogP contribution in [-0.4, -0.2) is 4.57 Å². The van der Waals surface area contributed by atoms with E-state index in [4.69, 9.17) is 0 Å². The van der Waals surface area contributed by atoms with Gasteiger partial charge in [-0.3, -0.25) is 0 Å². The minimum atomic E-state index is 1.12. The van der Waals surface area contributed by atoms with Crippen LogP contribution in [0, 0.1) is 0 Å². The first-order valence-corrected chi connectivity index (χ1v) is 11.5. The molecule has 1 heteroatoms. The maximum atomic E-state index is 4.25. The van der Waals surface area contributed by atoms with E-state index in [0.29, 0.717) is 0 Å². The van der Waals surface area contributed by atoms with Gasteiger partial charge in [-0.1, -0.05) is 105 Å². The van der Waals surface area contributed by atoms with Gasteiger partial charge in [-0.2, -0.15) is 0 Å². The fraction of sp³-hybridized carbons (Fsp3) is 0.310. The van der Waals surface area contributed by atoms with Gasteiger partial charge in [0.25, 0.3) is 0 Å². The number of nitrogens with zero attached hydrogens (tertiary/aromatic N) is 1. The lowest BCUT2D eigenvalue weighted by atomic mass is 10.0. The normalized spacial score (nSPS) is 11.3. The fourth-order valence-electron chi connectivity index (χ4n) is 4.55. The molecule has 4 aromatic rings. The summed E-state index contributed by atoms with van der Waals surface area (Å²) in [6, 6.07) is 28.2. The fourth-order valence-corrected chi connectivity index (χ4v) is 4.55. The van der Waals surface area contributed by atoms with Gasteiger partial charge in [-0.25, -0.2) is 0 Å².